The van der Waals surface area contributed by atoms with E-state index in [1.54, 1.807) is 0 Å². The predicted octanol–water partition coefficient (Wildman–Crippen LogP) is 3.73. The average Bonchev–Trinajstić information content (AvgIpc) is 2.70. The van der Waals surface area contributed by atoms with Crippen molar-refractivity contribution in [3.05, 3.63) is 58.5 Å². The van der Waals surface area contributed by atoms with Gasteiger partial charge in [-0.25, -0.2) is 0 Å². The van der Waals surface area contributed by atoms with E-state index in [-0.39, 0.29) is 6.04 Å². The summed E-state index contributed by atoms with van der Waals surface area (Å²) in [6, 6.07) is 10.7. The maximum absolute atomic E-state index is 5.74. The van der Waals surface area contributed by atoms with Gasteiger partial charge in [0.25, 0.3) is 0 Å². The van der Waals surface area contributed by atoms with Crippen LogP contribution in [0.1, 0.15) is 47.1 Å². The summed E-state index contributed by atoms with van der Waals surface area (Å²) in [6.45, 7) is 6.11. The third kappa shape index (κ3) is 3.30. The number of furan rings is 1. The third-order valence-electron chi connectivity index (χ3n) is 3.97. The molecule has 2 rings (SSSR count). The molecule has 1 aromatic heterocycles. The fourth-order valence-electron chi connectivity index (χ4n) is 2.79. The third-order valence-corrected chi connectivity index (χ3v) is 3.97. The molecule has 3 heteroatoms. The first-order valence-corrected chi connectivity index (χ1v) is 7.20. The van der Waals surface area contributed by atoms with Crippen LogP contribution >= 0.6 is 0 Å². The van der Waals surface area contributed by atoms with Crippen molar-refractivity contribution < 1.29 is 4.42 Å². The minimum absolute atomic E-state index is 0.163. The molecule has 0 fully saturated rings. The Morgan fingerprint density at radius 1 is 1.10 bits per heavy atom. The van der Waals surface area contributed by atoms with Gasteiger partial charge in [0, 0.05) is 11.6 Å². The van der Waals surface area contributed by atoms with E-state index in [0.29, 0.717) is 0 Å². The van der Waals surface area contributed by atoms with Gasteiger partial charge in [-0.1, -0.05) is 30.3 Å². The van der Waals surface area contributed by atoms with Crippen molar-refractivity contribution >= 4 is 0 Å². The molecule has 0 bridgehead atoms. The second kappa shape index (κ2) is 6.73. The van der Waals surface area contributed by atoms with Gasteiger partial charge in [-0.3, -0.25) is 11.3 Å². The van der Waals surface area contributed by atoms with E-state index < -0.39 is 0 Å². The SMILES string of the molecule is Cc1oc(C)c(C(CCCc2ccccc2)NN)c1C. The lowest BCUT2D eigenvalue weighted by atomic mass is 9.96. The van der Waals surface area contributed by atoms with Gasteiger partial charge in [0.05, 0.1) is 0 Å². The van der Waals surface area contributed by atoms with E-state index in [4.69, 9.17) is 10.3 Å². The largest absolute Gasteiger partial charge is 0.466 e. The standard InChI is InChI=1S/C17H24N2O/c1-12-13(2)20-14(3)17(12)16(19-18)11-7-10-15-8-5-4-6-9-15/h4-6,8-9,16,19H,7,10-11,18H2,1-3H3. The molecule has 1 heterocycles. The first-order valence-electron chi connectivity index (χ1n) is 7.20. The summed E-state index contributed by atoms with van der Waals surface area (Å²) < 4.78 is 5.70. The molecule has 0 aliphatic heterocycles. The molecule has 0 spiro atoms. The average molecular weight is 272 g/mol. The summed E-state index contributed by atoms with van der Waals surface area (Å²) in [5.41, 5.74) is 6.75. The lowest BCUT2D eigenvalue weighted by Gasteiger charge is -2.16. The van der Waals surface area contributed by atoms with Crippen LogP contribution in [-0.2, 0) is 6.42 Å². The Hall–Kier alpha value is -1.58. The van der Waals surface area contributed by atoms with Crippen LogP contribution < -0.4 is 11.3 Å². The highest BCUT2D eigenvalue weighted by Gasteiger charge is 2.19. The van der Waals surface area contributed by atoms with Crippen LogP contribution in [0.15, 0.2) is 34.7 Å². The van der Waals surface area contributed by atoms with Crippen LogP contribution in [0, 0.1) is 20.8 Å². The van der Waals surface area contributed by atoms with Crippen molar-refractivity contribution in [3.8, 4) is 0 Å². The van der Waals surface area contributed by atoms with Crippen molar-refractivity contribution in [1.29, 1.82) is 0 Å². The lowest BCUT2D eigenvalue weighted by Crippen LogP contribution is -2.28. The molecule has 0 aliphatic rings. The van der Waals surface area contributed by atoms with Gasteiger partial charge < -0.3 is 4.42 Å². The van der Waals surface area contributed by atoms with E-state index in [2.05, 4.69) is 42.7 Å². The molecule has 108 valence electrons. The zero-order valence-corrected chi connectivity index (χ0v) is 12.6. The smallest absolute Gasteiger partial charge is 0.106 e. The number of nitrogens with two attached hydrogens (primary N) is 1. The predicted molar refractivity (Wildman–Crippen MR) is 82.4 cm³/mol. The second-order valence-electron chi connectivity index (χ2n) is 5.35. The summed E-state index contributed by atoms with van der Waals surface area (Å²) in [5, 5.41) is 0. The van der Waals surface area contributed by atoms with Gasteiger partial charge in [0.1, 0.15) is 11.5 Å². The Morgan fingerprint density at radius 3 is 2.35 bits per heavy atom. The Morgan fingerprint density at radius 2 is 1.80 bits per heavy atom. The Labute approximate surface area is 121 Å². The minimum atomic E-state index is 0.163. The van der Waals surface area contributed by atoms with E-state index in [0.717, 1.165) is 30.8 Å². The quantitative estimate of drug-likeness (QED) is 0.622. The van der Waals surface area contributed by atoms with Gasteiger partial charge in [-0.05, 0) is 51.2 Å². The maximum Gasteiger partial charge on any atom is 0.106 e. The minimum Gasteiger partial charge on any atom is -0.466 e. The molecule has 0 saturated carbocycles. The molecule has 2 aromatic rings. The zero-order valence-electron chi connectivity index (χ0n) is 12.6. The fraction of sp³-hybridized carbons (Fsp3) is 0.412. The molecule has 1 aromatic carbocycles. The highest BCUT2D eigenvalue weighted by Crippen LogP contribution is 2.29. The maximum atomic E-state index is 5.74. The first kappa shape index (κ1) is 14.8. The number of hydrazine groups is 1. The monoisotopic (exact) mass is 272 g/mol. The molecule has 3 nitrogen and oxygen atoms in total. The zero-order chi connectivity index (χ0) is 14.5. The summed E-state index contributed by atoms with van der Waals surface area (Å²) in [4.78, 5) is 0. The number of aryl methyl sites for hydroxylation is 3. The highest BCUT2D eigenvalue weighted by atomic mass is 16.3. The number of hydrogen-bond donors (Lipinski definition) is 2. The molecule has 0 saturated heterocycles. The first-order chi connectivity index (χ1) is 9.63. The Kier molecular flexibility index (Phi) is 4.99. The van der Waals surface area contributed by atoms with Gasteiger partial charge in [-0.2, -0.15) is 0 Å². The molecule has 0 aliphatic carbocycles. The van der Waals surface area contributed by atoms with Crippen LogP contribution in [-0.4, -0.2) is 0 Å². The molecule has 0 amide bonds. The van der Waals surface area contributed by atoms with Crippen molar-refractivity contribution in [2.45, 2.75) is 46.1 Å². The van der Waals surface area contributed by atoms with E-state index in [9.17, 15) is 0 Å². The van der Waals surface area contributed by atoms with Crippen LogP contribution in [0.2, 0.25) is 0 Å². The number of nitrogens with one attached hydrogen (secondary N) is 1. The van der Waals surface area contributed by atoms with Crippen molar-refractivity contribution in [1.82, 2.24) is 5.43 Å². The molecular formula is C17H24N2O. The van der Waals surface area contributed by atoms with Crippen molar-refractivity contribution in [2.75, 3.05) is 0 Å². The van der Waals surface area contributed by atoms with Gasteiger partial charge in [-0.15, -0.1) is 0 Å². The fourth-order valence-corrected chi connectivity index (χ4v) is 2.79. The number of rotatable bonds is 6. The topological polar surface area (TPSA) is 51.2 Å². The Balaban J connectivity index is 1.99. The summed E-state index contributed by atoms with van der Waals surface area (Å²) in [7, 11) is 0. The van der Waals surface area contributed by atoms with Crippen LogP contribution in [0.25, 0.3) is 0 Å². The van der Waals surface area contributed by atoms with Crippen molar-refractivity contribution in [3.63, 3.8) is 0 Å². The van der Waals surface area contributed by atoms with E-state index >= 15 is 0 Å². The van der Waals surface area contributed by atoms with Crippen LogP contribution in [0.4, 0.5) is 0 Å². The van der Waals surface area contributed by atoms with Crippen LogP contribution in [0.5, 0.6) is 0 Å². The molecule has 0 radical (unpaired) electrons. The Bertz CT molecular complexity index is 546. The number of benzene rings is 1. The van der Waals surface area contributed by atoms with Crippen LogP contribution in [0.3, 0.4) is 0 Å². The van der Waals surface area contributed by atoms with E-state index in [1.807, 2.05) is 13.8 Å². The van der Waals surface area contributed by atoms with Gasteiger partial charge in [0.2, 0.25) is 0 Å². The molecule has 1 unspecified atom stereocenters. The second-order valence-corrected chi connectivity index (χ2v) is 5.35. The number of hydrogen-bond acceptors (Lipinski definition) is 3. The summed E-state index contributed by atoms with van der Waals surface area (Å²) in [6.07, 6.45) is 3.18. The lowest BCUT2D eigenvalue weighted by molar-refractivity contribution is 0.467. The normalized spacial score (nSPS) is 12.6. The summed E-state index contributed by atoms with van der Waals surface area (Å²) >= 11 is 0. The molecular weight excluding hydrogens is 248 g/mol. The summed E-state index contributed by atoms with van der Waals surface area (Å²) in [5.74, 6) is 7.70. The van der Waals surface area contributed by atoms with E-state index in [1.165, 1.54) is 16.7 Å². The molecule has 3 N–H and O–H groups in total. The van der Waals surface area contributed by atoms with Gasteiger partial charge in [0.15, 0.2) is 0 Å². The highest BCUT2D eigenvalue weighted by molar-refractivity contribution is 5.34. The van der Waals surface area contributed by atoms with Gasteiger partial charge >= 0.3 is 0 Å². The van der Waals surface area contributed by atoms with Crippen molar-refractivity contribution in [2.24, 2.45) is 5.84 Å². The molecule has 20 heavy (non-hydrogen) atoms. The molecule has 1 atom stereocenters.